The number of pyridine rings is 1. The van der Waals surface area contributed by atoms with E-state index < -0.39 is 59.2 Å². The molecule has 2 heterocycles. The van der Waals surface area contributed by atoms with Gasteiger partial charge >= 0.3 is 12.4 Å². The lowest BCUT2D eigenvalue weighted by Crippen LogP contribution is -2.48. The first-order chi connectivity index (χ1) is 18.8. The Hall–Kier alpha value is -4.74. The number of fused-ring (bicyclic) bond motifs is 2. The number of aromatic nitrogens is 1. The largest absolute Gasteiger partial charge is 0.416 e. The summed E-state index contributed by atoms with van der Waals surface area (Å²) in [5.74, 6) is -2.81. The van der Waals surface area contributed by atoms with Crippen molar-refractivity contribution < 1.29 is 40.7 Å². The minimum absolute atomic E-state index is 0.0393. The predicted molar refractivity (Wildman–Crippen MR) is 131 cm³/mol. The molecule has 1 N–H and O–H groups in total. The van der Waals surface area contributed by atoms with E-state index in [4.69, 9.17) is 0 Å². The molecular formula is C28H17F6N3O3. The van der Waals surface area contributed by atoms with Gasteiger partial charge in [0.05, 0.1) is 33.5 Å². The van der Waals surface area contributed by atoms with Crippen LogP contribution in [0.5, 0.6) is 0 Å². The highest BCUT2D eigenvalue weighted by atomic mass is 19.4. The van der Waals surface area contributed by atoms with Gasteiger partial charge in [0.1, 0.15) is 6.04 Å². The molecule has 1 aliphatic heterocycles. The number of para-hydroxylation sites is 1. The Morgan fingerprint density at radius 3 is 1.95 bits per heavy atom. The molecular weight excluding hydrogens is 540 g/mol. The van der Waals surface area contributed by atoms with Gasteiger partial charge in [-0.3, -0.25) is 24.3 Å². The molecule has 3 amide bonds. The van der Waals surface area contributed by atoms with E-state index in [2.05, 4.69) is 10.3 Å². The van der Waals surface area contributed by atoms with E-state index in [9.17, 15) is 40.7 Å². The molecule has 0 spiro atoms. The molecule has 5 rings (SSSR count). The van der Waals surface area contributed by atoms with Gasteiger partial charge in [0.15, 0.2) is 0 Å². The number of hydrogen-bond acceptors (Lipinski definition) is 4. The summed E-state index contributed by atoms with van der Waals surface area (Å²) in [7, 11) is 0. The van der Waals surface area contributed by atoms with E-state index in [1.165, 1.54) is 36.5 Å². The van der Waals surface area contributed by atoms with Crippen LogP contribution < -0.4 is 5.32 Å². The van der Waals surface area contributed by atoms with Crippen molar-refractivity contribution in [3.63, 3.8) is 0 Å². The lowest BCUT2D eigenvalue weighted by molar-refractivity contribution is -0.143. The SMILES string of the molecule is O=C(Nc1cccc2cccnc12)[C@H](Cc1cc(C(F)(F)F)cc(C(F)(F)F)c1)N1C(=O)c2ccccc2C1=O. The Balaban J connectivity index is 1.59. The molecule has 0 saturated carbocycles. The number of imide groups is 1. The maximum Gasteiger partial charge on any atom is 0.416 e. The number of benzene rings is 3. The van der Waals surface area contributed by atoms with Gasteiger partial charge in [0, 0.05) is 18.0 Å². The molecule has 1 atom stereocenters. The van der Waals surface area contributed by atoms with Crippen LogP contribution in [0.3, 0.4) is 0 Å². The van der Waals surface area contributed by atoms with Crippen molar-refractivity contribution in [2.45, 2.75) is 24.8 Å². The molecule has 204 valence electrons. The maximum absolute atomic E-state index is 13.6. The van der Waals surface area contributed by atoms with Crippen LogP contribution in [0.4, 0.5) is 32.0 Å². The van der Waals surface area contributed by atoms with Crippen LogP contribution in [-0.4, -0.2) is 33.6 Å². The summed E-state index contributed by atoms with van der Waals surface area (Å²) in [5, 5.41) is 3.18. The van der Waals surface area contributed by atoms with Gasteiger partial charge < -0.3 is 5.32 Å². The number of nitrogens with zero attached hydrogens (tertiary/aromatic N) is 2. The average molecular weight is 557 g/mol. The van der Waals surface area contributed by atoms with E-state index in [0.717, 1.165) is 0 Å². The number of alkyl halides is 6. The molecule has 12 heteroatoms. The fourth-order valence-electron chi connectivity index (χ4n) is 4.57. The topological polar surface area (TPSA) is 79.4 Å². The highest BCUT2D eigenvalue weighted by molar-refractivity contribution is 6.23. The summed E-state index contributed by atoms with van der Waals surface area (Å²) in [4.78, 5) is 44.8. The lowest BCUT2D eigenvalue weighted by Gasteiger charge is -2.26. The Labute approximate surface area is 222 Å². The fraction of sp³-hybridized carbons (Fsp3) is 0.143. The fourth-order valence-corrected chi connectivity index (χ4v) is 4.57. The number of amides is 3. The van der Waals surface area contributed by atoms with Crippen molar-refractivity contribution in [1.29, 1.82) is 0 Å². The molecule has 0 saturated heterocycles. The van der Waals surface area contributed by atoms with Crippen LogP contribution in [-0.2, 0) is 23.6 Å². The van der Waals surface area contributed by atoms with Crippen molar-refractivity contribution in [1.82, 2.24) is 9.88 Å². The number of anilines is 1. The van der Waals surface area contributed by atoms with Crippen LogP contribution in [0, 0.1) is 0 Å². The molecule has 0 radical (unpaired) electrons. The molecule has 4 aromatic rings. The maximum atomic E-state index is 13.6. The van der Waals surface area contributed by atoms with E-state index in [1.807, 2.05) is 0 Å². The van der Waals surface area contributed by atoms with Gasteiger partial charge in [-0.25, -0.2) is 0 Å². The average Bonchev–Trinajstić information content (AvgIpc) is 3.16. The van der Waals surface area contributed by atoms with Crippen molar-refractivity contribution in [3.8, 4) is 0 Å². The van der Waals surface area contributed by atoms with Gasteiger partial charge in [-0.05, 0) is 48.0 Å². The Morgan fingerprint density at radius 1 is 0.800 bits per heavy atom. The van der Waals surface area contributed by atoms with Crippen LogP contribution in [0.25, 0.3) is 10.9 Å². The highest BCUT2D eigenvalue weighted by Crippen LogP contribution is 2.37. The number of rotatable bonds is 5. The summed E-state index contributed by atoms with van der Waals surface area (Å²) in [5.41, 5.74) is -3.29. The molecule has 0 aliphatic carbocycles. The first-order valence-corrected chi connectivity index (χ1v) is 11.7. The molecule has 1 aliphatic rings. The van der Waals surface area contributed by atoms with Crippen molar-refractivity contribution in [2.75, 3.05) is 5.32 Å². The summed E-state index contributed by atoms with van der Waals surface area (Å²) < 4.78 is 81.0. The monoisotopic (exact) mass is 557 g/mol. The first-order valence-electron chi connectivity index (χ1n) is 11.7. The summed E-state index contributed by atoms with van der Waals surface area (Å²) in [6.07, 6.45) is -9.61. The third-order valence-corrected chi connectivity index (χ3v) is 6.41. The van der Waals surface area contributed by atoms with Gasteiger partial charge in [0.2, 0.25) is 5.91 Å². The van der Waals surface area contributed by atoms with Crippen molar-refractivity contribution >= 4 is 34.3 Å². The number of hydrogen-bond donors (Lipinski definition) is 1. The molecule has 40 heavy (non-hydrogen) atoms. The van der Waals surface area contributed by atoms with E-state index >= 15 is 0 Å². The third kappa shape index (κ3) is 4.99. The zero-order chi connectivity index (χ0) is 28.8. The van der Waals surface area contributed by atoms with Gasteiger partial charge in [-0.15, -0.1) is 0 Å². The van der Waals surface area contributed by atoms with Crippen LogP contribution >= 0.6 is 0 Å². The van der Waals surface area contributed by atoms with Crippen LogP contribution in [0.15, 0.2) is 79.0 Å². The zero-order valence-corrected chi connectivity index (χ0v) is 20.2. The van der Waals surface area contributed by atoms with E-state index in [0.29, 0.717) is 27.9 Å². The Bertz CT molecular complexity index is 1590. The standard InChI is InChI=1S/C28H17F6N3O3/c29-27(30,31)17-11-15(12-18(14-17)28(32,33)34)13-22(37-25(39)19-7-1-2-8-20(19)26(37)40)24(38)36-21-9-3-5-16-6-4-10-35-23(16)21/h1-12,14,22H,13H2,(H,36,38)/t22-/m0/s1. The minimum atomic E-state index is -5.13. The summed E-state index contributed by atoms with van der Waals surface area (Å²) in [6.45, 7) is 0. The van der Waals surface area contributed by atoms with Gasteiger partial charge in [0.25, 0.3) is 11.8 Å². The quantitative estimate of drug-likeness (QED) is 0.237. The summed E-state index contributed by atoms with van der Waals surface area (Å²) >= 11 is 0. The molecule has 0 fully saturated rings. The first kappa shape index (κ1) is 26.9. The van der Waals surface area contributed by atoms with Crippen molar-refractivity contribution in [3.05, 3.63) is 107 Å². The second-order valence-corrected chi connectivity index (χ2v) is 9.03. The third-order valence-electron chi connectivity index (χ3n) is 6.41. The molecule has 0 unspecified atom stereocenters. The minimum Gasteiger partial charge on any atom is -0.322 e. The van der Waals surface area contributed by atoms with Crippen molar-refractivity contribution in [2.24, 2.45) is 0 Å². The zero-order valence-electron chi connectivity index (χ0n) is 20.2. The molecule has 1 aromatic heterocycles. The number of halogens is 6. The molecule has 3 aromatic carbocycles. The number of carbonyl (C=O) groups excluding carboxylic acids is 3. The highest BCUT2D eigenvalue weighted by Gasteiger charge is 2.44. The number of nitrogens with one attached hydrogen (secondary N) is 1. The predicted octanol–water partition coefficient (Wildman–Crippen LogP) is 6.12. The van der Waals surface area contributed by atoms with Crippen LogP contribution in [0.1, 0.15) is 37.4 Å². The summed E-state index contributed by atoms with van der Waals surface area (Å²) in [6, 6.07) is 12.9. The smallest absolute Gasteiger partial charge is 0.322 e. The lowest BCUT2D eigenvalue weighted by atomic mass is 9.98. The van der Waals surface area contributed by atoms with Crippen LogP contribution in [0.2, 0.25) is 0 Å². The molecule has 0 bridgehead atoms. The van der Waals surface area contributed by atoms with E-state index in [-0.39, 0.29) is 22.9 Å². The number of carbonyl (C=O) groups is 3. The van der Waals surface area contributed by atoms with Gasteiger partial charge in [-0.1, -0.05) is 30.3 Å². The van der Waals surface area contributed by atoms with Gasteiger partial charge in [-0.2, -0.15) is 26.3 Å². The van der Waals surface area contributed by atoms with E-state index in [1.54, 1.807) is 24.3 Å². The Morgan fingerprint density at radius 2 is 1.38 bits per heavy atom. The molecule has 6 nitrogen and oxygen atoms in total. The Kier molecular flexibility index (Phi) is 6.56. The second kappa shape index (κ2) is 9.78. The second-order valence-electron chi connectivity index (χ2n) is 9.03. The normalized spacial score (nSPS) is 14.4.